The van der Waals surface area contributed by atoms with E-state index in [4.69, 9.17) is 10.8 Å². The Bertz CT molecular complexity index is 298. The molecule has 0 saturated heterocycles. The molecule has 4 N–H and O–H groups in total. The highest BCUT2D eigenvalue weighted by Gasteiger charge is 2.11. The average Bonchev–Trinajstić information content (AvgIpc) is 2.74. The number of hydrogen-bond acceptors (Lipinski definition) is 4. The summed E-state index contributed by atoms with van der Waals surface area (Å²) in [5, 5.41) is 16.3. The first-order valence-corrected chi connectivity index (χ1v) is 5.77. The molecule has 1 aromatic rings. The Kier molecular flexibility index (Phi) is 5.45. The molecule has 0 aliphatic heterocycles. The van der Waals surface area contributed by atoms with Crippen LogP contribution in [0.5, 0.6) is 0 Å². The summed E-state index contributed by atoms with van der Waals surface area (Å²) in [5.74, 6) is 0. The molecule has 0 aliphatic carbocycles. The van der Waals surface area contributed by atoms with Crippen molar-refractivity contribution in [2.75, 3.05) is 19.7 Å². The summed E-state index contributed by atoms with van der Waals surface area (Å²) in [6, 6.07) is 0.490. The molecule has 16 heavy (non-hydrogen) atoms. The topological polar surface area (TPSA) is 76.1 Å². The van der Waals surface area contributed by atoms with Gasteiger partial charge in [-0.25, -0.2) is 0 Å². The van der Waals surface area contributed by atoms with Gasteiger partial charge in [-0.1, -0.05) is 0 Å². The zero-order valence-corrected chi connectivity index (χ0v) is 10.1. The molecule has 5 heteroatoms. The van der Waals surface area contributed by atoms with E-state index >= 15 is 0 Å². The van der Waals surface area contributed by atoms with Gasteiger partial charge in [0.05, 0.1) is 6.20 Å². The van der Waals surface area contributed by atoms with Crippen molar-refractivity contribution in [1.29, 1.82) is 0 Å². The molecule has 0 spiro atoms. The molecule has 0 aliphatic rings. The smallest absolute Gasteiger partial charge is 0.0538 e. The number of nitrogens with two attached hydrogens (primary N) is 1. The lowest BCUT2D eigenvalue weighted by atomic mass is 10.1. The second kappa shape index (κ2) is 6.62. The Hall–Kier alpha value is -0.910. The van der Waals surface area contributed by atoms with Crippen molar-refractivity contribution in [2.24, 2.45) is 5.73 Å². The van der Waals surface area contributed by atoms with Crippen molar-refractivity contribution in [1.82, 2.24) is 15.1 Å². The molecule has 92 valence electrons. The van der Waals surface area contributed by atoms with Gasteiger partial charge >= 0.3 is 0 Å². The number of nitrogens with one attached hydrogen (secondary N) is 1. The van der Waals surface area contributed by atoms with Gasteiger partial charge in [-0.05, 0) is 26.8 Å². The zero-order chi connectivity index (χ0) is 12.0. The van der Waals surface area contributed by atoms with Crippen molar-refractivity contribution in [3.05, 3.63) is 18.0 Å². The fourth-order valence-corrected chi connectivity index (χ4v) is 1.51. The first kappa shape index (κ1) is 13.2. The van der Waals surface area contributed by atoms with Crippen LogP contribution in [-0.2, 0) is 0 Å². The fourth-order valence-electron chi connectivity index (χ4n) is 1.51. The number of aliphatic hydroxyl groups excluding tert-OH is 1. The molecular formula is C11H22N4O. The average molecular weight is 226 g/mol. The molecule has 1 aromatic heterocycles. The monoisotopic (exact) mass is 226 g/mol. The van der Waals surface area contributed by atoms with Crippen LogP contribution in [-0.4, -0.2) is 34.6 Å². The summed E-state index contributed by atoms with van der Waals surface area (Å²) in [7, 11) is 0. The maximum absolute atomic E-state index is 8.71. The lowest BCUT2D eigenvalue weighted by Crippen LogP contribution is -2.29. The molecule has 1 heterocycles. The van der Waals surface area contributed by atoms with E-state index in [9.17, 15) is 0 Å². The van der Waals surface area contributed by atoms with Crippen molar-refractivity contribution in [2.45, 2.75) is 32.4 Å². The van der Waals surface area contributed by atoms with Crippen LogP contribution in [0.2, 0.25) is 0 Å². The van der Waals surface area contributed by atoms with Crippen molar-refractivity contribution >= 4 is 0 Å². The summed E-state index contributed by atoms with van der Waals surface area (Å²) in [6.07, 6.45) is 4.62. The molecule has 0 amide bonds. The van der Waals surface area contributed by atoms with E-state index in [1.165, 1.54) is 0 Å². The van der Waals surface area contributed by atoms with E-state index in [1.54, 1.807) is 0 Å². The van der Waals surface area contributed by atoms with Gasteiger partial charge in [-0.15, -0.1) is 0 Å². The Morgan fingerprint density at radius 1 is 1.56 bits per heavy atom. The van der Waals surface area contributed by atoms with Gasteiger partial charge in [0.15, 0.2) is 0 Å². The third-order valence-corrected chi connectivity index (χ3v) is 2.51. The Morgan fingerprint density at radius 3 is 2.81 bits per heavy atom. The number of hydrogen-bond donors (Lipinski definition) is 3. The Labute approximate surface area is 96.6 Å². The number of aromatic nitrogens is 2. The van der Waals surface area contributed by atoms with Crippen LogP contribution < -0.4 is 11.1 Å². The van der Waals surface area contributed by atoms with Crippen LogP contribution in [0.1, 0.15) is 37.9 Å². The van der Waals surface area contributed by atoms with E-state index in [1.807, 2.05) is 17.1 Å². The predicted octanol–water partition coefficient (Wildman–Crippen LogP) is 0.436. The Morgan fingerprint density at radius 2 is 2.31 bits per heavy atom. The molecule has 0 bridgehead atoms. The maximum atomic E-state index is 8.71. The third-order valence-electron chi connectivity index (χ3n) is 2.51. The van der Waals surface area contributed by atoms with Crippen LogP contribution in [0.15, 0.2) is 12.4 Å². The van der Waals surface area contributed by atoms with Gasteiger partial charge in [0.25, 0.3) is 0 Å². The van der Waals surface area contributed by atoms with E-state index in [0.29, 0.717) is 12.6 Å². The van der Waals surface area contributed by atoms with Crippen LogP contribution >= 0.6 is 0 Å². The highest BCUT2D eigenvalue weighted by molar-refractivity contribution is 5.11. The summed E-state index contributed by atoms with van der Waals surface area (Å²) in [4.78, 5) is 0. The molecule has 5 nitrogen and oxygen atoms in total. The first-order valence-electron chi connectivity index (χ1n) is 5.77. The summed E-state index contributed by atoms with van der Waals surface area (Å²) < 4.78 is 1.92. The quantitative estimate of drug-likeness (QED) is 0.590. The SMILES string of the molecule is CC(C)n1cc(C(CN)NCCCO)cn1. The molecule has 1 atom stereocenters. The highest BCUT2D eigenvalue weighted by atomic mass is 16.3. The Balaban J connectivity index is 2.56. The number of nitrogens with zero attached hydrogens (tertiary/aromatic N) is 2. The van der Waals surface area contributed by atoms with Gasteiger partial charge in [0.2, 0.25) is 0 Å². The molecule has 0 saturated carbocycles. The molecule has 1 rings (SSSR count). The minimum Gasteiger partial charge on any atom is -0.396 e. The van der Waals surface area contributed by atoms with Gasteiger partial charge in [-0.2, -0.15) is 5.10 Å². The predicted molar refractivity (Wildman–Crippen MR) is 64.1 cm³/mol. The van der Waals surface area contributed by atoms with E-state index in [0.717, 1.165) is 18.5 Å². The van der Waals surface area contributed by atoms with E-state index < -0.39 is 0 Å². The minimum atomic E-state index is 0.124. The lowest BCUT2D eigenvalue weighted by Gasteiger charge is -2.14. The number of rotatable bonds is 7. The largest absolute Gasteiger partial charge is 0.396 e. The van der Waals surface area contributed by atoms with Gasteiger partial charge < -0.3 is 16.2 Å². The van der Waals surface area contributed by atoms with Crippen LogP contribution in [0.4, 0.5) is 0 Å². The summed E-state index contributed by atoms with van der Waals surface area (Å²) >= 11 is 0. The van der Waals surface area contributed by atoms with Crippen LogP contribution in [0, 0.1) is 0 Å². The normalized spacial score (nSPS) is 13.3. The minimum absolute atomic E-state index is 0.124. The lowest BCUT2D eigenvalue weighted by molar-refractivity contribution is 0.283. The van der Waals surface area contributed by atoms with Crippen LogP contribution in [0.3, 0.4) is 0 Å². The van der Waals surface area contributed by atoms with Gasteiger partial charge in [0.1, 0.15) is 0 Å². The van der Waals surface area contributed by atoms with Crippen molar-refractivity contribution < 1.29 is 5.11 Å². The standard InChI is InChI=1S/C11H22N4O/c1-9(2)15-8-10(7-14-15)11(6-12)13-4-3-5-16/h7-9,11,13,16H,3-6,12H2,1-2H3. The number of aliphatic hydroxyl groups is 1. The summed E-state index contributed by atoms with van der Waals surface area (Å²) in [5.41, 5.74) is 6.82. The fraction of sp³-hybridized carbons (Fsp3) is 0.727. The third kappa shape index (κ3) is 3.59. The van der Waals surface area contributed by atoms with Crippen molar-refractivity contribution in [3.63, 3.8) is 0 Å². The van der Waals surface area contributed by atoms with Gasteiger partial charge in [-0.3, -0.25) is 4.68 Å². The van der Waals surface area contributed by atoms with E-state index in [2.05, 4.69) is 24.3 Å². The molecule has 0 aromatic carbocycles. The van der Waals surface area contributed by atoms with Gasteiger partial charge in [0, 0.05) is 37.0 Å². The van der Waals surface area contributed by atoms with Crippen LogP contribution in [0.25, 0.3) is 0 Å². The zero-order valence-electron chi connectivity index (χ0n) is 10.1. The molecule has 0 fully saturated rings. The first-order chi connectivity index (χ1) is 7.69. The van der Waals surface area contributed by atoms with E-state index in [-0.39, 0.29) is 12.6 Å². The maximum Gasteiger partial charge on any atom is 0.0538 e. The molecular weight excluding hydrogens is 204 g/mol. The second-order valence-electron chi connectivity index (χ2n) is 4.17. The second-order valence-corrected chi connectivity index (χ2v) is 4.17. The molecule has 1 unspecified atom stereocenters. The molecule has 0 radical (unpaired) electrons. The van der Waals surface area contributed by atoms with Crippen molar-refractivity contribution in [3.8, 4) is 0 Å². The highest BCUT2D eigenvalue weighted by Crippen LogP contribution is 2.13. The summed E-state index contributed by atoms with van der Waals surface area (Å²) in [6.45, 7) is 5.69.